The number of benzene rings is 2. The minimum absolute atomic E-state index is 0.130. The Morgan fingerprint density at radius 1 is 1.00 bits per heavy atom. The molecule has 4 nitrogen and oxygen atoms in total. The van der Waals surface area contributed by atoms with Crippen LogP contribution in [0.3, 0.4) is 0 Å². The van der Waals surface area contributed by atoms with Crippen LogP contribution < -0.4 is 0 Å². The maximum atomic E-state index is 11.4. The number of piperidine rings is 1. The van der Waals surface area contributed by atoms with E-state index in [0.717, 1.165) is 18.5 Å². The number of carboxylic acids is 1. The van der Waals surface area contributed by atoms with E-state index >= 15 is 0 Å². The number of pyridine rings is 1. The van der Waals surface area contributed by atoms with Crippen LogP contribution in [0, 0.1) is 19.8 Å². The molecule has 1 aliphatic rings. The van der Waals surface area contributed by atoms with E-state index in [2.05, 4.69) is 60.1 Å². The number of hydrogen-bond acceptors (Lipinski definition) is 3. The molecule has 1 saturated heterocycles. The Labute approximate surface area is 165 Å². The lowest BCUT2D eigenvalue weighted by Crippen LogP contribution is -2.39. The van der Waals surface area contributed by atoms with E-state index in [1.165, 1.54) is 27.6 Å². The number of carbonyl (C=O) groups is 1. The Morgan fingerprint density at radius 2 is 1.71 bits per heavy atom. The SMILES string of the molecule is Cc1cc(C)cc(C(c2ccc3cnccc3c2)N2CCC(C(=O)O)CC2)c1. The molecule has 4 rings (SSSR count). The summed E-state index contributed by atoms with van der Waals surface area (Å²) in [6.45, 7) is 5.86. The Bertz CT molecular complexity index is 986. The van der Waals surface area contributed by atoms with E-state index in [-0.39, 0.29) is 12.0 Å². The van der Waals surface area contributed by atoms with E-state index in [4.69, 9.17) is 0 Å². The fourth-order valence-corrected chi connectivity index (χ4v) is 4.46. The van der Waals surface area contributed by atoms with Crippen molar-refractivity contribution in [2.75, 3.05) is 13.1 Å². The molecule has 1 atom stereocenters. The molecular formula is C24H26N2O2. The summed E-state index contributed by atoms with van der Waals surface area (Å²) in [5, 5.41) is 11.7. The molecule has 1 N–H and O–H groups in total. The number of fused-ring (bicyclic) bond motifs is 1. The van der Waals surface area contributed by atoms with Crippen molar-refractivity contribution in [2.24, 2.45) is 5.92 Å². The van der Waals surface area contributed by atoms with Gasteiger partial charge in [0.05, 0.1) is 12.0 Å². The Hall–Kier alpha value is -2.72. The van der Waals surface area contributed by atoms with Crippen LogP contribution in [0.25, 0.3) is 10.8 Å². The first kappa shape index (κ1) is 18.6. The lowest BCUT2D eigenvalue weighted by molar-refractivity contribution is -0.143. The van der Waals surface area contributed by atoms with E-state index < -0.39 is 5.97 Å². The summed E-state index contributed by atoms with van der Waals surface area (Å²) in [5.74, 6) is -0.889. The van der Waals surface area contributed by atoms with Crippen LogP contribution >= 0.6 is 0 Å². The minimum Gasteiger partial charge on any atom is -0.481 e. The molecule has 0 aliphatic carbocycles. The first-order valence-corrected chi connectivity index (χ1v) is 9.90. The molecule has 0 amide bonds. The van der Waals surface area contributed by atoms with Gasteiger partial charge in [-0.3, -0.25) is 14.7 Å². The highest BCUT2D eigenvalue weighted by Gasteiger charge is 2.30. The Balaban J connectivity index is 1.75. The Morgan fingerprint density at radius 3 is 2.39 bits per heavy atom. The standard InChI is InChI=1S/C24H26N2O2/c1-16-11-17(2)13-22(12-16)23(26-9-6-18(7-10-26)24(27)28)20-3-4-21-15-25-8-5-19(21)14-20/h3-5,8,11-15,18,23H,6-7,9-10H2,1-2H3,(H,27,28). The second-order valence-corrected chi connectivity index (χ2v) is 7.95. The van der Waals surface area contributed by atoms with Crippen molar-refractivity contribution in [3.63, 3.8) is 0 Å². The van der Waals surface area contributed by atoms with Crippen LogP contribution in [0.5, 0.6) is 0 Å². The molecule has 144 valence electrons. The van der Waals surface area contributed by atoms with Crippen LogP contribution in [0.1, 0.15) is 41.1 Å². The van der Waals surface area contributed by atoms with Crippen molar-refractivity contribution >= 4 is 16.7 Å². The van der Waals surface area contributed by atoms with Gasteiger partial charge in [0, 0.05) is 17.8 Å². The fraction of sp³-hybridized carbons (Fsp3) is 0.333. The van der Waals surface area contributed by atoms with Gasteiger partial charge in [-0.05, 0) is 68.4 Å². The van der Waals surface area contributed by atoms with Gasteiger partial charge < -0.3 is 5.11 Å². The third kappa shape index (κ3) is 3.78. The van der Waals surface area contributed by atoms with Crippen molar-refractivity contribution in [1.82, 2.24) is 9.88 Å². The number of rotatable bonds is 4. The highest BCUT2D eigenvalue weighted by molar-refractivity contribution is 5.82. The van der Waals surface area contributed by atoms with Crippen LogP contribution in [0.4, 0.5) is 0 Å². The van der Waals surface area contributed by atoms with E-state index in [0.29, 0.717) is 12.8 Å². The molecule has 1 aromatic heterocycles. The molecule has 1 aliphatic heterocycles. The number of nitrogens with zero attached hydrogens (tertiary/aromatic N) is 2. The van der Waals surface area contributed by atoms with Crippen LogP contribution in [0.2, 0.25) is 0 Å². The lowest BCUT2D eigenvalue weighted by atomic mass is 9.89. The van der Waals surface area contributed by atoms with Gasteiger partial charge >= 0.3 is 5.97 Å². The molecule has 2 aromatic carbocycles. The summed E-state index contributed by atoms with van der Waals surface area (Å²) in [4.78, 5) is 18.0. The molecule has 28 heavy (non-hydrogen) atoms. The molecule has 0 bridgehead atoms. The maximum absolute atomic E-state index is 11.4. The minimum atomic E-state index is -0.666. The largest absolute Gasteiger partial charge is 0.481 e. The number of aliphatic carboxylic acids is 1. The number of aryl methyl sites for hydroxylation is 2. The van der Waals surface area contributed by atoms with Crippen LogP contribution in [0.15, 0.2) is 54.9 Å². The molecule has 1 unspecified atom stereocenters. The molecule has 4 heteroatoms. The van der Waals surface area contributed by atoms with Gasteiger partial charge in [-0.25, -0.2) is 0 Å². The quantitative estimate of drug-likeness (QED) is 0.717. The summed E-state index contributed by atoms with van der Waals surface area (Å²) in [6, 6.07) is 15.5. The number of carboxylic acid groups (broad SMARTS) is 1. The summed E-state index contributed by atoms with van der Waals surface area (Å²) in [7, 11) is 0. The monoisotopic (exact) mass is 374 g/mol. The van der Waals surface area contributed by atoms with E-state index in [9.17, 15) is 9.90 Å². The van der Waals surface area contributed by atoms with Gasteiger partial charge in [-0.15, -0.1) is 0 Å². The molecule has 0 radical (unpaired) electrons. The zero-order chi connectivity index (χ0) is 19.7. The topological polar surface area (TPSA) is 53.4 Å². The summed E-state index contributed by atoms with van der Waals surface area (Å²) in [6.07, 6.45) is 5.13. The first-order chi connectivity index (χ1) is 13.5. The van der Waals surface area contributed by atoms with E-state index in [1.54, 1.807) is 0 Å². The maximum Gasteiger partial charge on any atom is 0.306 e. The molecule has 3 aromatic rings. The fourth-order valence-electron chi connectivity index (χ4n) is 4.46. The van der Waals surface area contributed by atoms with Crippen molar-refractivity contribution in [2.45, 2.75) is 32.7 Å². The van der Waals surface area contributed by atoms with Crippen molar-refractivity contribution in [3.8, 4) is 0 Å². The molecule has 2 heterocycles. The zero-order valence-electron chi connectivity index (χ0n) is 16.4. The van der Waals surface area contributed by atoms with E-state index in [1.807, 2.05) is 18.5 Å². The zero-order valence-corrected chi connectivity index (χ0v) is 16.4. The number of hydrogen-bond donors (Lipinski definition) is 1. The number of likely N-dealkylation sites (tertiary alicyclic amines) is 1. The predicted octanol–water partition coefficient (Wildman–Crippen LogP) is 4.74. The smallest absolute Gasteiger partial charge is 0.306 e. The summed E-state index contributed by atoms with van der Waals surface area (Å²) < 4.78 is 0. The van der Waals surface area contributed by atoms with Gasteiger partial charge in [-0.2, -0.15) is 0 Å². The lowest BCUT2D eigenvalue weighted by Gasteiger charge is -2.37. The Kier molecular flexibility index (Phi) is 5.14. The highest BCUT2D eigenvalue weighted by atomic mass is 16.4. The highest BCUT2D eigenvalue weighted by Crippen LogP contribution is 2.34. The normalized spacial score (nSPS) is 16.9. The molecule has 1 fully saturated rings. The van der Waals surface area contributed by atoms with Crippen LogP contribution in [-0.4, -0.2) is 34.0 Å². The second kappa shape index (κ2) is 7.72. The molecule has 0 spiro atoms. The summed E-state index contributed by atoms with van der Waals surface area (Å²) in [5.41, 5.74) is 5.04. The number of aromatic nitrogens is 1. The first-order valence-electron chi connectivity index (χ1n) is 9.90. The second-order valence-electron chi connectivity index (χ2n) is 7.95. The predicted molar refractivity (Wildman–Crippen MR) is 111 cm³/mol. The third-order valence-electron chi connectivity index (χ3n) is 5.78. The van der Waals surface area contributed by atoms with Gasteiger partial charge in [-0.1, -0.05) is 41.5 Å². The third-order valence-corrected chi connectivity index (χ3v) is 5.78. The van der Waals surface area contributed by atoms with Gasteiger partial charge in [0.1, 0.15) is 0 Å². The average molecular weight is 374 g/mol. The van der Waals surface area contributed by atoms with Crippen molar-refractivity contribution in [3.05, 3.63) is 77.1 Å². The average Bonchev–Trinajstić information content (AvgIpc) is 2.68. The molecular weight excluding hydrogens is 348 g/mol. The van der Waals surface area contributed by atoms with Crippen LogP contribution in [-0.2, 0) is 4.79 Å². The van der Waals surface area contributed by atoms with Gasteiger partial charge in [0.2, 0.25) is 0 Å². The molecule has 0 saturated carbocycles. The van der Waals surface area contributed by atoms with Crippen molar-refractivity contribution in [1.29, 1.82) is 0 Å². The van der Waals surface area contributed by atoms with Gasteiger partial charge in [0.25, 0.3) is 0 Å². The van der Waals surface area contributed by atoms with Crippen molar-refractivity contribution < 1.29 is 9.90 Å². The summed E-state index contributed by atoms with van der Waals surface area (Å²) >= 11 is 0. The van der Waals surface area contributed by atoms with Gasteiger partial charge in [0.15, 0.2) is 0 Å².